The van der Waals surface area contributed by atoms with Crippen LogP contribution in [0.5, 0.6) is 0 Å². The molecule has 2 bridgehead atoms. The molecule has 1 fully saturated rings. The molecular weight excluding hydrogens is 354 g/mol. The molecule has 2 heterocycles. The van der Waals surface area contributed by atoms with E-state index in [1.165, 1.54) is 6.20 Å². The zero-order valence-corrected chi connectivity index (χ0v) is 15.0. The van der Waals surface area contributed by atoms with Crippen LogP contribution in [0.4, 0.5) is 17.5 Å². The zero-order valence-electron chi connectivity index (χ0n) is 14.3. The largest absolute Gasteiger partial charge is 0.369 e. The number of aromatic nitrogens is 4. The lowest BCUT2D eigenvalue weighted by molar-refractivity contribution is -0.122. The van der Waals surface area contributed by atoms with E-state index in [0.717, 1.165) is 18.7 Å². The van der Waals surface area contributed by atoms with Gasteiger partial charge in [0.1, 0.15) is 5.02 Å². The minimum absolute atomic E-state index is 0.106. The van der Waals surface area contributed by atoms with E-state index in [1.807, 2.05) is 13.1 Å². The van der Waals surface area contributed by atoms with Gasteiger partial charge in [0.25, 0.3) is 0 Å². The molecule has 9 heteroatoms. The molecule has 2 aromatic heterocycles. The first-order valence-corrected chi connectivity index (χ1v) is 8.99. The highest BCUT2D eigenvalue weighted by atomic mass is 35.5. The Bertz CT molecular complexity index is 865. The molecule has 0 aliphatic heterocycles. The standard InChI is InChI=1S/C17H20ClN7O/c1-2-25-8-11(6-21-25)22-17-20-7-12(18)16(24-17)23-14-10-4-3-9(5-10)13(14)15(19)26/h3-4,6-10,13-14H,2,5H2,1H3,(H2,19,26)(H2,20,22,23,24)/t9-,10+,13-,14+/m1/s1. The van der Waals surface area contributed by atoms with Gasteiger partial charge in [0, 0.05) is 18.8 Å². The highest BCUT2D eigenvalue weighted by Gasteiger charge is 2.47. The second-order valence-corrected chi connectivity index (χ2v) is 7.05. The number of carbonyl (C=O) groups excluding carboxylic acids is 1. The summed E-state index contributed by atoms with van der Waals surface area (Å²) >= 11 is 6.27. The first-order chi connectivity index (χ1) is 12.5. The summed E-state index contributed by atoms with van der Waals surface area (Å²) in [6.45, 7) is 2.79. The Labute approximate surface area is 155 Å². The molecule has 4 atom stereocenters. The minimum atomic E-state index is -0.296. The number of halogens is 1. The Morgan fingerprint density at radius 2 is 2.19 bits per heavy atom. The lowest BCUT2D eigenvalue weighted by Gasteiger charge is -2.27. The van der Waals surface area contributed by atoms with Crippen LogP contribution in [0, 0.1) is 17.8 Å². The van der Waals surface area contributed by atoms with Gasteiger partial charge in [0.15, 0.2) is 5.82 Å². The van der Waals surface area contributed by atoms with Gasteiger partial charge in [-0.3, -0.25) is 9.48 Å². The fourth-order valence-electron chi connectivity index (χ4n) is 3.82. The molecule has 0 radical (unpaired) electrons. The van der Waals surface area contributed by atoms with Gasteiger partial charge >= 0.3 is 0 Å². The molecule has 1 amide bonds. The second-order valence-electron chi connectivity index (χ2n) is 6.65. The van der Waals surface area contributed by atoms with Crippen LogP contribution in [-0.2, 0) is 11.3 Å². The quantitative estimate of drug-likeness (QED) is 0.669. The van der Waals surface area contributed by atoms with Crippen molar-refractivity contribution >= 4 is 35.0 Å². The van der Waals surface area contributed by atoms with Crippen LogP contribution in [0.15, 0.2) is 30.7 Å². The summed E-state index contributed by atoms with van der Waals surface area (Å²) in [5, 5.41) is 11.0. The third kappa shape index (κ3) is 3.01. The number of nitrogens with zero attached hydrogens (tertiary/aromatic N) is 4. The molecule has 0 aromatic carbocycles. The molecule has 2 aliphatic rings. The average molecular weight is 374 g/mol. The number of nitrogens with two attached hydrogens (primary N) is 1. The maximum absolute atomic E-state index is 11.9. The summed E-state index contributed by atoms with van der Waals surface area (Å²) < 4.78 is 1.80. The van der Waals surface area contributed by atoms with E-state index in [9.17, 15) is 4.79 Å². The number of rotatable bonds is 6. The van der Waals surface area contributed by atoms with Gasteiger partial charge < -0.3 is 16.4 Å². The number of hydrogen-bond donors (Lipinski definition) is 3. The fourth-order valence-corrected chi connectivity index (χ4v) is 3.97. The van der Waals surface area contributed by atoms with E-state index in [-0.39, 0.29) is 29.7 Å². The summed E-state index contributed by atoms with van der Waals surface area (Å²) in [5.74, 6) is 0.784. The number of aryl methyl sites for hydroxylation is 1. The predicted molar refractivity (Wildman–Crippen MR) is 99.1 cm³/mol. The van der Waals surface area contributed by atoms with Crippen molar-refractivity contribution in [3.8, 4) is 0 Å². The van der Waals surface area contributed by atoms with E-state index in [0.29, 0.717) is 16.8 Å². The summed E-state index contributed by atoms with van der Waals surface area (Å²) in [5.41, 5.74) is 6.40. The number of allylic oxidation sites excluding steroid dienone is 1. The third-order valence-corrected chi connectivity index (χ3v) is 5.33. The number of carbonyl (C=O) groups is 1. The van der Waals surface area contributed by atoms with Gasteiger partial charge in [-0.05, 0) is 25.2 Å². The Morgan fingerprint density at radius 3 is 2.92 bits per heavy atom. The molecule has 1 saturated carbocycles. The molecule has 8 nitrogen and oxygen atoms in total. The van der Waals surface area contributed by atoms with Crippen molar-refractivity contribution in [2.75, 3.05) is 10.6 Å². The van der Waals surface area contributed by atoms with Crippen molar-refractivity contribution in [2.45, 2.75) is 25.9 Å². The van der Waals surface area contributed by atoms with Crippen LogP contribution in [0.2, 0.25) is 5.02 Å². The van der Waals surface area contributed by atoms with Gasteiger partial charge in [0.2, 0.25) is 11.9 Å². The fraction of sp³-hybridized carbons (Fsp3) is 0.412. The highest BCUT2D eigenvalue weighted by Crippen LogP contribution is 2.45. The number of anilines is 3. The van der Waals surface area contributed by atoms with Crippen molar-refractivity contribution in [3.05, 3.63) is 35.8 Å². The van der Waals surface area contributed by atoms with Gasteiger partial charge in [-0.25, -0.2) is 4.98 Å². The Hall–Kier alpha value is -2.61. The van der Waals surface area contributed by atoms with Crippen molar-refractivity contribution in [3.63, 3.8) is 0 Å². The van der Waals surface area contributed by atoms with Crippen molar-refractivity contribution < 1.29 is 4.79 Å². The first-order valence-electron chi connectivity index (χ1n) is 8.61. The molecule has 2 aromatic rings. The number of amides is 1. The second kappa shape index (κ2) is 6.60. The lowest BCUT2D eigenvalue weighted by atomic mass is 9.88. The van der Waals surface area contributed by atoms with E-state index in [1.54, 1.807) is 10.9 Å². The molecule has 136 valence electrons. The van der Waals surface area contributed by atoms with Crippen LogP contribution in [-0.4, -0.2) is 31.7 Å². The first kappa shape index (κ1) is 16.8. The number of primary amides is 1. The monoisotopic (exact) mass is 373 g/mol. The summed E-state index contributed by atoms with van der Waals surface area (Å²) in [7, 11) is 0. The number of hydrogen-bond acceptors (Lipinski definition) is 6. The molecule has 4 N–H and O–H groups in total. The van der Waals surface area contributed by atoms with Crippen LogP contribution < -0.4 is 16.4 Å². The topological polar surface area (TPSA) is 111 Å². The molecule has 0 saturated heterocycles. The van der Waals surface area contributed by atoms with Gasteiger partial charge in [0.05, 0.1) is 24.0 Å². The van der Waals surface area contributed by atoms with E-state index in [2.05, 4.69) is 37.9 Å². The number of nitrogens with one attached hydrogen (secondary N) is 2. The van der Waals surface area contributed by atoms with Crippen LogP contribution in [0.1, 0.15) is 13.3 Å². The zero-order chi connectivity index (χ0) is 18.3. The van der Waals surface area contributed by atoms with Crippen LogP contribution in [0.25, 0.3) is 0 Å². The van der Waals surface area contributed by atoms with Crippen molar-refractivity contribution in [1.29, 1.82) is 0 Å². The maximum atomic E-state index is 11.9. The molecule has 0 spiro atoms. The van der Waals surface area contributed by atoms with E-state index < -0.39 is 0 Å². The van der Waals surface area contributed by atoms with E-state index in [4.69, 9.17) is 17.3 Å². The Kier molecular flexibility index (Phi) is 4.28. The van der Waals surface area contributed by atoms with E-state index >= 15 is 0 Å². The molecule has 0 unspecified atom stereocenters. The van der Waals surface area contributed by atoms with Crippen molar-refractivity contribution in [1.82, 2.24) is 19.7 Å². The molecular formula is C17H20ClN7O. The molecule has 26 heavy (non-hydrogen) atoms. The predicted octanol–water partition coefficient (Wildman–Crippen LogP) is 2.18. The van der Waals surface area contributed by atoms with Gasteiger partial charge in [-0.2, -0.15) is 10.1 Å². The van der Waals surface area contributed by atoms with Crippen LogP contribution >= 0.6 is 11.6 Å². The SMILES string of the molecule is CCn1cc(Nc2ncc(Cl)c(N[C@@H]3[C@H](C(N)=O)[C@@H]4C=C[C@H]3C4)n2)cn1. The molecule has 2 aliphatic carbocycles. The summed E-state index contributed by atoms with van der Waals surface area (Å²) in [6, 6.07) is -0.106. The van der Waals surface area contributed by atoms with Gasteiger partial charge in [-0.15, -0.1) is 0 Å². The smallest absolute Gasteiger partial charge is 0.229 e. The van der Waals surface area contributed by atoms with Gasteiger partial charge in [-0.1, -0.05) is 23.8 Å². The lowest BCUT2D eigenvalue weighted by Crippen LogP contribution is -2.41. The Morgan fingerprint density at radius 1 is 1.38 bits per heavy atom. The normalized spacial score (nSPS) is 26.2. The Balaban J connectivity index is 1.55. The minimum Gasteiger partial charge on any atom is -0.369 e. The molecule has 4 rings (SSSR count). The number of fused-ring (bicyclic) bond motifs is 2. The summed E-state index contributed by atoms with van der Waals surface area (Å²) in [4.78, 5) is 20.6. The average Bonchev–Trinajstić information content (AvgIpc) is 3.33. The maximum Gasteiger partial charge on any atom is 0.229 e. The van der Waals surface area contributed by atoms with Crippen molar-refractivity contribution in [2.24, 2.45) is 23.5 Å². The summed E-state index contributed by atoms with van der Waals surface area (Å²) in [6.07, 6.45) is 10.3. The van der Waals surface area contributed by atoms with Crippen LogP contribution in [0.3, 0.4) is 0 Å². The highest BCUT2D eigenvalue weighted by molar-refractivity contribution is 6.32. The third-order valence-electron chi connectivity index (χ3n) is 5.05.